The van der Waals surface area contributed by atoms with Crippen LogP contribution in [0.2, 0.25) is 0 Å². The number of carbonyl (C=O) groups is 1. The minimum absolute atomic E-state index is 0.128. The smallest absolute Gasteiger partial charge is 0.319 e. The van der Waals surface area contributed by atoms with E-state index >= 15 is 0 Å². The molecular weight excluding hydrogens is 232 g/mol. The molecule has 0 spiro atoms. The van der Waals surface area contributed by atoms with Gasteiger partial charge in [0, 0.05) is 16.6 Å². The second-order valence-corrected chi connectivity index (χ2v) is 4.72. The van der Waals surface area contributed by atoms with Crippen molar-refractivity contribution in [3.63, 3.8) is 0 Å². The van der Waals surface area contributed by atoms with Gasteiger partial charge in [-0.05, 0) is 37.3 Å². The number of anilines is 1. The van der Waals surface area contributed by atoms with E-state index < -0.39 is 0 Å². The van der Waals surface area contributed by atoms with Crippen molar-refractivity contribution in [3.05, 3.63) is 24.3 Å². The Labute approximate surface area is 107 Å². The van der Waals surface area contributed by atoms with Crippen LogP contribution in [0.15, 0.2) is 29.2 Å². The van der Waals surface area contributed by atoms with E-state index in [2.05, 4.69) is 24.5 Å². The van der Waals surface area contributed by atoms with E-state index in [9.17, 15) is 4.79 Å². The molecule has 0 unspecified atom stereocenters. The zero-order chi connectivity index (χ0) is 12.7. The molecule has 3 nitrogen and oxygen atoms in total. The summed E-state index contributed by atoms with van der Waals surface area (Å²) in [4.78, 5) is 12.9. The predicted octanol–water partition coefficient (Wildman–Crippen LogP) is 3.72. The molecule has 17 heavy (non-hydrogen) atoms. The average molecular weight is 252 g/mol. The minimum Gasteiger partial charge on any atom is -0.335 e. The van der Waals surface area contributed by atoms with Gasteiger partial charge in [0.25, 0.3) is 0 Å². The fourth-order valence-corrected chi connectivity index (χ4v) is 2.01. The Bertz CT molecular complexity index is 364. The molecular formula is C13H20N2OS. The molecule has 0 radical (unpaired) electrons. The maximum atomic E-state index is 11.7. The summed E-state index contributed by atoms with van der Waals surface area (Å²) in [5, 5.41) is 5.80. The fraction of sp³-hybridized carbons (Fsp3) is 0.462. The van der Waals surface area contributed by atoms with Crippen LogP contribution in [0.5, 0.6) is 0 Å². The molecule has 0 bridgehead atoms. The molecule has 2 N–H and O–H groups in total. The summed E-state index contributed by atoms with van der Waals surface area (Å²) in [6.07, 6.45) is 3.92. The number of rotatable bonds is 5. The number of benzene rings is 1. The van der Waals surface area contributed by atoms with Crippen LogP contribution >= 0.6 is 11.8 Å². The highest BCUT2D eigenvalue weighted by molar-refractivity contribution is 7.98. The van der Waals surface area contributed by atoms with Gasteiger partial charge in [-0.1, -0.05) is 19.9 Å². The van der Waals surface area contributed by atoms with Crippen LogP contribution in [-0.2, 0) is 0 Å². The fourth-order valence-electron chi connectivity index (χ4n) is 1.55. The maximum Gasteiger partial charge on any atom is 0.319 e. The average Bonchev–Trinajstić information content (AvgIpc) is 2.36. The third-order valence-corrected chi connectivity index (χ3v) is 3.37. The van der Waals surface area contributed by atoms with Crippen molar-refractivity contribution < 1.29 is 4.79 Å². The van der Waals surface area contributed by atoms with Crippen LogP contribution in [0.3, 0.4) is 0 Å². The van der Waals surface area contributed by atoms with Crippen LogP contribution in [0.4, 0.5) is 10.5 Å². The first-order valence-electron chi connectivity index (χ1n) is 5.91. The first kappa shape index (κ1) is 13.9. The predicted molar refractivity (Wildman–Crippen MR) is 74.7 cm³/mol. The van der Waals surface area contributed by atoms with Crippen LogP contribution in [0.1, 0.15) is 26.7 Å². The lowest BCUT2D eigenvalue weighted by molar-refractivity contribution is 0.247. The Morgan fingerprint density at radius 3 is 2.65 bits per heavy atom. The summed E-state index contributed by atoms with van der Waals surface area (Å²) in [6.45, 7) is 4.14. The largest absolute Gasteiger partial charge is 0.335 e. The second kappa shape index (κ2) is 7.22. The Balaban J connectivity index is 2.55. The summed E-state index contributed by atoms with van der Waals surface area (Å²) in [5.41, 5.74) is 0.834. The van der Waals surface area contributed by atoms with Gasteiger partial charge < -0.3 is 10.6 Å². The Morgan fingerprint density at radius 1 is 1.35 bits per heavy atom. The molecule has 1 aromatic carbocycles. The molecule has 1 rings (SSSR count). The molecule has 2 amide bonds. The number of hydrogen-bond donors (Lipinski definition) is 2. The van der Waals surface area contributed by atoms with Crippen LogP contribution in [-0.4, -0.2) is 18.3 Å². The molecule has 0 aromatic heterocycles. The second-order valence-electron chi connectivity index (χ2n) is 3.84. The van der Waals surface area contributed by atoms with E-state index in [1.807, 2.05) is 30.5 Å². The van der Waals surface area contributed by atoms with Crippen LogP contribution < -0.4 is 10.6 Å². The molecule has 0 aliphatic carbocycles. The standard InChI is InChI=1S/C13H20N2OS/c1-4-10(5-2)14-13(16)15-11-7-6-8-12(9-11)17-3/h6-10H,4-5H2,1-3H3,(H2,14,15,16). The van der Waals surface area contributed by atoms with Crippen molar-refractivity contribution >= 4 is 23.5 Å². The quantitative estimate of drug-likeness (QED) is 0.784. The van der Waals surface area contributed by atoms with E-state index in [-0.39, 0.29) is 12.1 Å². The van der Waals surface area contributed by atoms with Crippen molar-refractivity contribution in [2.45, 2.75) is 37.6 Å². The Kier molecular flexibility index (Phi) is 5.91. The lowest BCUT2D eigenvalue weighted by atomic mass is 10.2. The monoisotopic (exact) mass is 252 g/mol. The van der Waals surface area contributed by atoms with Crippen molar-refractivity contribution in [3.8, 4) is 0 Å². The van der Waals surface area contributed by atoms with Crippen molar-refractivity contribution in [1.29, 1.82) is 0 Å². The summed E-state index contributed by atoms with van der Waals surface area (Å²) >= 11 is 1.66. The number of carbonyl (C=O) groups excluding carboxylic acids is 1. The van der Waals surface area contributed by atoms with Gasteiger partial charge in [-0.25, -0.2) is 4.79 Å². The van der Waals surface area contributed by atoms with E-state index in [1.54, 1.807) is 11.8 Å². The van der Waals surface area contributed by atoms with Crippen molar-refractivity contribution in [1.82, 2.24) is 5.32 Å². The molecule has 0 heterocycles. The molecule has 0 fully saturated rings. The molecule has 0 aliphatic heterocycles. The number of thioether (sulfide) groups is 1. The Hall–Kier alpha value is -1.16. The van der Waals surface area contributed by atoms with E-state index in [0.717, 1.165) is 23.4 Å². The van der Waals surface area contributed by atoms with Gasteiger partial charge in [-0.2, -0.15) is 0 Å². The van der Waals surface area contributed by atoms with Gasteiger partial charge >= 0.3 is 6.03 Å². The van der Waals surface area contributed by atoms with Crippen molar-refractivity contribution in [2.24, 2.45) is 0 Å². The zero-order valence-corrected chi connectivity index (χ0v) is 11.4. The van der Waals surface area contributed by atoms with E-state index in [1.165, 1.54) is 0 Å². The number of hydrogen-bond acceptors (Lipinski definition) is 2. The van der Waals surface area contributed by atoms with Gasteiger partial charge in [0.05, 0.1) is 0 Å². The highest BCUT2D eigenvalue weighted by atomic mass is 32.2. The van der Waals surface area contributed by atoms with Gasteiger partial charge in [0.15, 0.2) is 0 Å². The molecule has 0 atom stereocenters. The SMILES string of the molecule is CCC(CC)NC(=O)Nc1cccc(SC)c1. The number of amides is 2. The first-order chi connectivity index (χ1) is 8.19. The van der Waals surface area contributed by atoms with Gasteiger partial charge in [0.2, 0.25) is 0 Å². The summed E-state index contributed by atoms with van der Waals surface area (Å²) < 4.78 is 0. The third-order valence-electron chi connectivity index (χ3n) is 2.65. The van der Waals surface area contributed by atoms with E-state index in [4.69, 9.17) is 0 Å². The highest BCUT2D eigenvalue weighted by Crippen LogP contribution is 2.18. The summed E-state index contributed by atoms with van der Waals surface area (Å²) in [7, 11) is 0. The van der Waals surface area contributed by atoms with Crippen molar-refractivity contribution in [2.75, 3.05) is 11.6 Å². The molecule has 4 heteroatoms. The molecule has 0 saturated carbocycles. The molecule has 0 saturated heterocycles. The van der Waals surface area contributed by atoms with Gasteiger partial charge in [-0.15, -0.1) is 11.8 Å². The number of nitrogens with one attached hydrogen (secondary N) is 2. The van der Waals surface area contributed by atoms with Crippen LogP contribution in [0, 0.1) is 0 Å². The lowest BCUT2D eigenvalue weighted by Gasteiger charge is -2.15. The van der Waals surface area contributed by atoms with Crippen LogP contribution in [0.25, 0.3) is 0 Å². The normalized spacial score (nSPS) is 10.4. The minimum atomic E-state index is -0.128. The summed E-state index contributed by atoms with van der Waals surface area (Å²) in [6, 6.07) is 7.95. The molecule has 1 aromatic rings. The molecule has 0 aliphatic rings. The highest BCUT2D eigenvalue weighted by Gasteiger charge is 2.07. The topological polar surface area (TPSA) is 41.1 Å². The van der Waals surface area contributed by atoms with Gasteiger partial charge in [0.1, 0.15) is 0 Å². The molecule has 94 valence electrons. The number of urea groups is 1. The van der Waals surface area contributed by atoms with Gasteiger partial charge in [-0.3, -0.25) is 0 Å². The summed E-state index contributed by atoms with van der Waals surface area (Å²) in [5.74, 6) is 0. The Morgan fingerprint density at radius 2 is 2.06 bits per heavy atom. The zero-order valence-electron chi connectivity index (χ0n) is 10.6. The first-order valence-corrected chi connectivity index (χ1v) is 7.13. The lowest BCUT2D eigenvalue weighted by Crippen LogP contribution is -2.37. The third kappa shape index (κ3) is 4.69. The maximum absolute atomic E-state index is 11.7. The van der Waals surface area contributed by atoms with E-state index in [0.29, 0.717) is 0 Å².